The van der Waals surface area contributed by atoms with Crippen LogP contribution in [0.2, 0.25) is 0 Å². The second kappa shape index (κ2) is 6.45. The third-order valence-electron chi connectivity index (χ3n) is 1.73. The number of alkyl halides is 2. The van der Waals surface area contributed by atoms with Gasteiger partial charge in [-0.15, -0.1) is 23.2 Å². The maximum absolute atomic E-state index is 12.6. The number of hydrazone groups is 1. The Balaban J connectivity index is 2.66. The molecule has 0 aliphatic rings. The zero-order chi connectivity index (χ0) is 12.0. The van der Waals surface area contributed by atoms with Crippen molar-refractivity contribution in [1.82, 2.24) is 5.43 Å². The van der Waals surface area contributed by atoms with Crippen LogP contribution in [0.25, 0.3) is 0 Å². The van der Waals surface area contributed by atoms with Crippen LogP contribution in [-0.2, 0) is 0 Å². The molecule has 1 amide bonds. The molecule has 0 aliphatic carbocycles. The lowest BCUT2D eigenvalue weighted by atomic mass is 10.2. The highest BCUT2D eigenvalue weighted by molar-refractivity contribution is 6.37. The van der Waals surface area contributed by atoms with Gasteiger partial charge in [0.05, 0.1) is 17.5 Å². The lowest BCUT2D eigenvalue weighted by molar-refractivity contribution is 0.0955. The number of hydrogen-bond donors (Lipinski definition) is 1. The van der Waals surface area contributed by atoms with Gasteiger partial charge in [0.15, 0.2) is 0 Å². The van der Waals surface area contributed by atoms with Gasteiger partial charge in [0.25, 0.3) is 5.91 Å². The number of nitrogens with one attached hydrogen (secondary N) is 1. The van der Waals surface area contributed by atoms with E-state index in [4.69, 9.17) is 23.2 Å². The van der Waals surface area contributed by atoms with Gasteiger partial charge in [-0.25, -0.2) is 9.82 Å². The van der Waals surface area contributed by atoms with Crippen molar-refractivity contribution in [2.45, 2.75) is 0 Å². The van der Waals surface area contributed by atoms with Crippen molar-refractivity contribution in [1.29, 1.82) is 0 Å². The summed E-state index contributed by atoms with van der Waals surface area (Å²) in [4.78, 5) is 11.5. The molecule has 0 saturated heterocycles. The molecule has 16 heavy (non-hydrogen) atoms. The zero-order valence-corrected chi connectivity index (χ0v) is 9.72. The van der Waals surface area contributed by atoms with Gasteiger partial charge in [0.1, 0.15) is 5.82 Å². The average molecular weight is 263 g/mol. The van der Waals surface area contributed by atoms with Gasteiger partial charge in [0, 0.05) is 5.56 Å². The molecule has 0 aromatic heterocycles. The molecule has 0 heterocycles. The van der Waals surface area contributed by atoms with E-state index in [1.807, 2.05) is 0 Å². The van der Waals surface area contributed by atoms with E-state index in [-0.39, 0.29) is 11.8 Å². The number of amides is 1. The highest BCUT2D eigenvalue weighted by Crippen LogP contribution is 2.02. The number of benzene rings is 1. The fourth-order valence-corrected chi connectivity index (χ4v) is 1.30. The fourth-order valence-electron chi connectivity index (χ4n) is 0.891. The summed E-state index contributed by atoms with van der Waals surface area (Å²) < 4.78 is 12.6. The predicted octanol–water partition coefficient (Wildman–Crippen LogP) is 2.39. The summed E-state index contributed by atoms with van der Waals surface area (Å²) in [6.07, 6.45) is 0. The average Bonchev–Trinajstić information content (AvgIpc) is 2.31. The van der Waals surface area contributed by atoms with Crippen molar-refractivity contribution in [3.63, 3.8) is 0 Å². The quantitative estimate of drug-likeness (QED) is 0.505. The molecular weight excluding hydrogens is 254 g/mol. The number of rotatable bonds is 4. The molecule has 0 fully saturated rings. The minimum Gasteiger partial charge on any atom is -0.267 e. The van der Waals surface area contributed by atoms with Crippen molar-refractivity contribution in [2.24, 2.45) is 5.10 Å². The number of carbonyl (C=O) groups excluding carboxylic acids is 1. The van der Waals surface area contributed by atoms with Gasteiger partial charge in [-0.1, -0.05) is 0 Å². The van der Waals surface area contributed by atoms with E-state index in [0.29, 0.717) is 11.3 Å². The van der Waals surface area contributed by atoms with Crippen LogP contribution in [0, 0.1) is 5.82 Å². The Morgan fingerprint density at radius 2 is 1.81 bits per heavy atom. The second-order valence-corrected chi connectivity index (χ2v) is 3.43. The van der Waals surface area contributed by atoms with Crippen LogP contribution < -0.4 is 5.43 Å². The van der Waals surface area contributed by atoms with Gasteiger partial charge >= 0.3 is 0 Å². The minimum atomic E-state index is -0.437. The van der Waals surface area contributed by atoms with Crippen LogP contribution in [0.15, 0.2) is 29.4 Å². The Kier molecular flexibility index (Phi) is 5.22. The van der Waals surface area contributed by atoms with E-state index in [9.17, 15) is 9.18 Å². The number of halogens is 3. The van der Waals surface area contributed by atoms with Crippen molar-refractivity contribution in [2.75, 3.05) is 11.8 Å². The molecular formula is C10H9Cl2FN2O. The van der Waals surface area contributed by atoms with Crippen LogP contribution in [0.3, 0.4) is 0 Å². The Labute approximate surface area is 102 Å². The van der Waals surface area contributed by atoms with E-state index < -0.39 is 11.7 Å². The lowest BCUT2D eigenvalue weighted by Crippen LogP contribution is -2.20. The molecule has 86 valence electrons. The number of nitrogens with zero attached hydrogens (tertiary/aromatic N) is 1. The summed E-state index contributed by atoms with van der Waals surface area (Å²) in [6, 6.07) is 5.12. The molecule has 0 saturated carbocycles. The third-order valence-corrected chi connectivity index (χ3v) is 2.35. The Bertz CT molecular complexity index is 386. The molecule has 1 aromatic carbocycles. The van der Waals surface area contributed by atoms with E-state index in [0.717, 1.165) is 0 Å². The van der Waals surface area contributed by atoms with E-state index in [2.05, 4.69) is 10.5 Å². The van der Waals surface area contributed by atoms with Crippen LogP contribution in [0.5, 0.6) is 0 Å². The number of hydrogen-bond acceptors (Lipinski definition) is 2. The maximum Gasteiger partial charge on any atom is 0.271 e. The summed E-state index contributed by atoms with van der Waals surface area (Å²) in [5, 5.41) is 3.72. The molecule has 0 atom stereocenters. The van der Waals surface area contributed by atoms with Crippen molar-refractivity contribution in [3.8, 4) is 0 Å². The Morgan fingerprint density at radius 1 is 1.25 bits per heavy atom. The Morgan fingerprint density at radius 3 is 2.31 bits per heavy atom. The predicted molar refractivity (Wildman–Crippen MR) is 62.7 cm³/mol. The monoisotopic (exact) mass is 262 g/mol. The smallest absolute Gasteiger partial charge is 0.267 e. The fraction of sp³-hybridized carbons (Fsp3) is 0.200. The van der Waals surface area contributed by atoms with Crippen LogP contribution in [0.4, 0.5) is 4.39 Å². The SMILES string of the molecule is O=C(NN=C(CCl)CCl)c1ccc(F)cc1. The largest absolute Gasteiger partial charge is 0.271 e. The first-order chi connectivity index (χ1) is 7.67. The van der Waals surface area contributed by atoms with Crippen LogP contribution in [-0.4, -0.2) is 23.4 Å². The van der Waals surface area contributed by atoms with E-state index in [1.165, 1.54) is 24.3 Å². The summed E-state index contributed by atoms with van der Waals surface area (Å²) in [5.41, 5.74) is 3.05. The molecule has 0 radical (unpaired) electrons. The standard InChI is InChI=1S/C10H9Cl2FN2O/c11-5-9(6-12)14-15-10(16)7-1-3-8(13)4-2-7/h1-4H,5-6H2,(H,15,16). The zero-order valence-electron chi connectivity index (χ0n) is 8.21. The highest BCUT2D eigenvalue weighted by Gasteiger charge is 2.04. The summed E-state index contributed by atoms with van der Waals surface area (Å²) in [7, 11) is 0. The van der Waals surface area contributed by atoms with Crippen molar-refractivity contribution >= 4 is 34.8 Å². The van der Waals surface area contributed by atoms with Gasteiger partial charge in [-0.05, 0) is 24.3 Å². The first kappa shape index (κ1) is 12.9. The van der Waals surface area contributed by atoms with Crippen molar-refractivity contribution in [3.05, 3.63) is 35.6 Å². The van der Waals surface area contributed by atoms with Gasteiger partial charge in [-0.3, -0.25) is 4.79 Å². The molecule has 3 nitrogen and oxygen atoms in total. The van der Waals surface area contributed by atoms with E-state index in [1.54, 1.807) is 0 Å². The third kappa shape index (κ3) is 3.79. The Hall–Kier alpha value is -1.13. The molecule has 0 bridgehead atoms. The van der Waals surface area contributed by atoms with Crippen LogP contribution >= 0.6 is 23.2 Å². The second-order valence-electron chi connectivity index (χ2n) is 2.89. The van der Waals surface area contributed by atoms with Gasteiger partial charge < -0.3 is 0 Å². The van der Waals surface area contributed by atoms with Crippen LogP contribution in [0.1, 0.15) is 10.4 Å². The first-order valence-corrected chi connectivity index (χ1v) is 5.47. The molecule has 1 rings (SSSR count). The van der Waals surface area contributed by atoms with Gasteiger partial charge in [-0.2, -0.15) is 5.10 Å². The first-order valence-electron chi connectivity index (χ1n) is 4.40. The normalized spacial score (nSPS) is 9.69. The summed E-state index contributed by atoms with van der Waals surface area (Å²) >= 11 is 11.0. The topological polar surface area (TPSA) is 41.5 Å². The maximum atomic E-state index is 12.6. The summed E-state index contributed by atoms with van der Waals surface area (Å²) in [6.45, 7) is 0. The molecule has 0 spiro atoms. The van der Waals surface area contributed by atoms with Gasteiger partial charge in [0.2, 0.25) is 0 Å². The molecule has 6 heteroatoms. The summed E-state index contributed by atoms with van der Waals surface area (Å²) in [5.74, 6) is -0.546. The molecule has 0 unspecified atom stereocenters. The lowest BCUT2D eigenvalue weighted by Gasteiger charge is -2.01. The minimum absolute atomic E-state index is 0.146. The molecule has 0 aliphatic heterocycles. The number of carbonyl (C=O) groups is 1. The molecule has 1 aromatic rings. The van der Waals surface area contributed by atoms with E-state index >= 15 is 0 Å². The molecule has 1 N–H and O–H groups in total. The van der Waals surface area contributed by atoms with Crippen molar-refractivity contribution < 1.29 is 9.18 Å². The highest BCUT2D eigenvalue weighted by atomic mass is 35.5.